The number of allylic oxidation sites excluding steroid dienone is 1. The first-order valence-corrected chi connectivity index (χ1v) is 6.95. The minimum atomic E-state index is -0.166. The lowest BCUT2D eigenvalue weighted by Gasteiger charge is -2.23. The van der Waals surface area contributed by atoms with E-state index >= 15 is 0 Å². The van der Waals surface area contributed by atoms with E-state index in [2.05, 4.69) is 5.32 Å². The van der Waals surface area contributed by atoms with Crippen molar-refractivity contribution in [1.82, 2.24) is 0 Å². The van der Waals surface area contributed by atoms with Gasteiger partial charge in [-0.1, -0.05) is 30.4 Å². The van der Waals surface area contributed by atoms with Gasteiger partial charge in [0.15, 0.2) is 5.78 Å². The van der Waals surface area contributed by atoms with Gasteiger partial charge in [-0.05, 0) is 24.5 Å². The number of para-hydroxylation sites is 1. The largest absolute Gasteiger partial charge is 0.511 e. The maximum atomic E-state index is 12.1. The Balaban J connectivity index is 2.13. The summed E-state index contributed by atoms with van der Waals surface area (Å²) in [6.07, 6.45) is 1.22. The van der Waals surface area contributed by atoms with Crippen LogP contribution in [-0.2, 0) is 4.79 Å². The molecule has 0 radical (unpaired) electrons. The molecule has 1 aromatic rings. The van der Waals surface area contributed by atoms with Gasteiger partial charge in [-0.3, -0.25) is 4.79 Å². The number of Topliss-reactive ketones (excluding diaryl/α,β-unsaturated/α-hetero) is 1. The molecule has 0 saturated heterocycles. The van der Waals surface area contributed by atoms with Crippen molar-refractivity contribution in [3.8, 4) is 0 Å². The second-order valence-corrected chi connectivity index (χ2v) is 5.26. The van der Waals surface area contributed by atoms with Crippen molar-refractivity contribution in [2.45, 2.75) is 19.3 Å². The SMILES string of the molecule is O=C1CC(CCO)CC(O)=C1C(=S)Nc1ccccc1. The highest BCUT2D eigenvalue weighted by molar-refractivity contribution is 7.81. The zero-order valence-electron chi connectivity index (χ0n) is 11.0. The third-order valence-corrected chi connectivity index (χ3v) is 3.63. The van der Waals surface area contributed by atoms with E-state index in [1.165, 1.54) is 0 Å². The van der Waals surface area contributed by atoms with Crippen LogP contribution in [0.4, 0.5) is 5.69 Å². The van der Waals surface area contributed by atoms with Crippen LogP contribution in [0.1, 0.15) is 19.3 Å². The molecule has 1 aromatic carbocycles. The van der Waals surface area contributed by atoms with Gasteiger partial charge in [0.05, 0.1) is 5.57 Å². The van der Waals surface area contributed by atoms with Crippen molar-refractivity contribution in [3.63, 3.8) is 0 Å². The summed E-state index contributed by atoms with van der Waals surface area (Å²) >= 11 is 5.21. The van der Waals surface area contributed by atoms with E-state index < -0.39 is 0 Å². The molecule has 1 atom stereocenters. The van der Waals surface area contributed by atoms with Crippen LogP contribution in [0.2, 0.25) is 0 Å². The van der Waals surface area contributed by atoms with Crippen LogP contribution in [0.25, 0.3) is 0 Å². The average Bonchev–Trinajstić information content (AvgIpc) is 2.39. The van der Waals surface area contributed by atoms with E-state index in [9.17, 15) is 9.90 Å². The molecule has 0 bridgehead atoms. The Bertz CT molecular complexity index is 539. The van der Waals surface area contributed by atoms with E-state index in [4.69, 9.17) is 17.3 Å². The van der Waals surface area contributed by atoms with Crippen molar-refractivity contribution in [2.75, 3.05) is 11.9 Å². The summed E-state index contributed by atoms with van der Waals surface area (Å²) in [6.45, 7) is 0.0211. The van der Waals surface area contributed by atoms with Crippen molar-refractivity contribution in [3.05, 3.63) is 41.7 Å². The normalized spacial score (nSPS) is 19.1. The molecule has 0 saturated carbocycles. The summed E-state index contributed by atoms with van der Waals surface area (Å²) in [7, 11) is 0. The number of nitrogens with one attached hydrogen (secondary N) is 1. The molecule has 106 valence electrons. The predicted octanol–water partition coefficient (Wildman–Crippen LogP) is 2.60. The van der Waals surface area contributed by atoms with E-state index in [0.717, 1.165) is 5.69 Å². The number of carbonyl (C=O) groups excluding carboxylic acids is 1. The maximum absolute atomic E-state index is 12.1. The molecule has 0 aromatic heterocycles. The second kappa shape index (κ2) is 6.63. The highest BCUT2D eigenvalue weighted by atomic mass is 32.1. The van der Waals surface area contributed by atoms with Gasteiger partial charge in [-0.15, -0.1) is 0 Å². The first-order valence-electron chi connectivity index (χ1n) is 6.54. The van der Waals surface area contributed by atoms with Crippen LogP contribution in [0.5, 0.6) is 0 Å². The Morgan fingerprint density at radius 2 is 2.00 bits per heavy atom. The molecule has 0 fully saturated rings. The van der Waals surface area contributed by atoms with E-state index in [1.54, 1.807) is 0 Å². The van der Waals surface area contributed by atoms with Gasteiger partial charge in [0.2, 0.25) is 0 Å². The monoisotopic (exact) mass is 291 g/mol. The van der Waals surface area contributed by atoms with Crippen LogP contribution >= 0.6 is 12.2 Å². The number of aliphatic hydroxyl groups is 2. The van der Waals surface area contributed by atoms with Gasteiger partial charge >= 0.3 is 0 Å². The number of rotatable bonds is 4. The van der Waals surface area contributed by atoms with Crippen molar-refractivity contribution in [1.29, 1.82) is 0 Å². The third kappa shape index (κ3) is 3.43. The Morgan fingerprint density at radius 3 is 2.60 bits per heavy atom. The lowest BCUT2D eigenvalue weighted by atomic mass is 9.85. The van der Waals surface area contributed by atoms with Crippen LogP contribution < -0.4 is 5.32 Å². The third-order valence-electron chi connectivity index (χ3n) is 3.32. The van der Waals surface area contributed by atoms with Crippen LogP contribution in [0.15, 0.2) is 41.7 Å². The molecule has 0 spiro atoms. The lowest BCUT2D eigenvalue weighted by molar-refractivity contribution is -0.116. The summed E-state index contributed by atoms with van der Waals surface area (Å²) in [5.74, 6) is -0.149. The van der Waals surface area contributed by atoms with Crippen molar-refractivity contribution in [2.24, 2.45) is 5.92 Å². The maximum Gasteiger partial charge on any atom is 0.169 e. The summed E-state index contributed by atoms with van der Waals surface area (Å²) < 4.78 is 0. The quantitative estimate of drug-likeness (QED) is 0.744. The Kier molecular flexibility index (Phi) is 4.87. The number of aliphatic hydroxyl groups excluding tert-OH is 2. The predicted molar refractivity (Wildman–Crippen MR) is 81.8 cm³/mol. The number of anilines is 1. The zero-order valence-corrected chi connectivity index (χ0v) is 11.8. The zero-order chi connectivity index (χ0) is 14.5. The first-order chi connectivity index (χ1) is 9.61. The van der Waals surface area contributed by atoms with E-state index in [1.807, 2.05) is 30.3 Å². The molecule has 1 aliphatic carbocycles. The fraction of sp³-hybridized carbons (Fsp3) is 0.333. The molecule has 1 unspecified atom stereocenters. The number of hydrogen-bond acceptors (Lipinski definition) is 4. The number of thiocarbonyl (C=S) groups is 1. The molecular formula is C15H17NO3S. The molecule has 0 heterocycles. The lowest BCUT2D eigenvalue weighted by Crippen LogP contribution is -2.27. The molecule has 20 heavy (non-hydrogen) atoms. The molecule has 0 aliphatic heterocycles. The van der Waals surface area contributed by atoms with Gasteiger partial charge in [0.25, 0.3) is 0 Å². The van der Waals surface area contributed by atoms with Gasteiger partial charge in [0.1, 0.15) is 10.7 Å². The highest BCUT2D eigenvalue weighted by Crippen LogP contribution is 2.28. The Labute approximate surface area is 123 Å². The fourth-order valence-electron chi connectivity index (χ4n) is 2.33. The summed E-state index contributed by atoms with van der Waals surface area (Å²) in [5.41, 5.74) is 0.987. The minimum absolute atomic E-state index is 0.00391. The minimum Gasteiger partial charge on any atom is -0.511 e. The van der Waals surface area contributed by atoms with E-state index in [-0.39, 0.29) is 34.6 Å². The first kappa shape index (κ1) is 14.7. The van der Waals surface area contributed by atoms with Crippen molar-refractivity contribution >= 4 is 28.7 Å². The molecule has 3 N–H and O–H groups in total. The molecule has 5 heteroatoms. The second-order valence-electron chi connectivity index (χ2n) is 4.85. The van der Waals surface area contributed by atoms with Crippen LogP contribution in [0, 0.1) is 5.92 Å². The topological polar surface area (TPSA) is 69.6 Å². The molecule has 1 aliphatic rings. The summed E-state index contributed by atoms with van der Waals surface area (Å²) in [5, 5.41) is 21.9. The molecular weight excluding hydrogens is 274 g/mol. The summed E-state index contributed by atoms with van der Waals surface area (Å²) in [6, 6.07) is 9.28. The van der Waals surface area contributed by atoms with Crippen LogP contribution in [0.3, 0.4) is 0 Å². The van der Waals surface area contributed by atoms with E-state index in [0.29, 0.717) is 19.3 Å². The molecule has 0 amide bonds. The average molecular weight is 291 g/mol. The van der Waals surface area contributed by atoms with Gasteiger partial charge in [0, 0.05) is 25.1 Å². The van der Waals surface area contributed by atoms with Crippen LogP contribution in [-0.4, -0.2) is 27.6 Å². The number of benzene rings is 1. The molecule has 2 rings (SSSR count). The Morgan fingerprint density at radius 1 is 1.30 bits per heavy atom. The van der Waals surface area contributed by atoms with Gasteiger partial charge in [-0.25, -0.2) is 0 Å². The number of hydrogen-bond donors (Lipinski definition) is 3. The number of carbonyl (C=O) groups is 1. The van der Waals surface area contributed by atoms with Gasteiger partial charge < -0.3 is 15.5 Å². The Hall–Kier alpha value is -1.72. The highest BCUT2D eigenvalue weighted by Gasteiger charge is 2.29. The number of ketones is 1. The standard InChI is InChI=1S/C15H17NO3S/c17-7-6-10-8-12(18)14(13(19)9-10)15(20)16-11-4-2-1-3-5-11/h1-5,10,17-18H,6-9H2,(H,16,20). The fourth-order valence-corrected chi connectivity index (χ4v) is 2.68. The van der Waals surface area contributed by atoms with Crippen molar-refractivity contribution < 1.29 is 15.0 Å². The van der Waals surface area contributed by atoms with Gasteiger partial charge in [-0.2, -0.15) is 0 Å². The molecule has 4 nitrogen and oxygen atoms in total. The smallest absolute Gasteiger partial charge is 0.169 e. The summed E-state index contributed by atoms with van der Waals surface area (Å²) in [4.78, 5) is 12.3.